The van der Waals surface area contributed by atoms with Crippen molar-refractivity contribution in [1.29, 1.82) is 10.5 Å². The van der Waals surface area contributed by atoms with Crippen LogP contribution in [-0.4, -0.2) is 114 Å². The second-order valence-electron chi connectivity index (χ2n) is 17.7. The second-order valence-corrected chi connectivity index (χ2v) is 17.7. The summed E-state index contributed by atoms with van der Waals surface area (Å²) in [6.07, 6.45) is 5.11. The number of ether oxygens (including phenoxy) is 9. The number of likely N-dealkylation sites (N-methyl/N-ethyl adjacent to an activating group) is 2. The number of halogens is 1. The fourth-order valence-electron chi connectivity index (χ4n) is 8.68. The van der Waals surface area contributed by atoms with E-state index in [1.54, 1.807) is 64.0 Å². The summed E-state index contributed by atoms with van der Waals surface area (Å²) in [5.74, 6) is 6.23. The Morgan fingerprint density at radius 2 is 0.768 bits per heavy atom. The van der Waals surface area contributed by atoms with E-state index in [1.807, 2.05) is 54.6 Å². The molecule has 13 nitrogen and oxygen atoms in total. The predicted octanol–water partition coefficient (Wildman–Crippen LogP) is 10.6. The van der Waals surface area contributed by atoms with Crippen LogP contribution in [0.25, 0.3) is 0 Å². The maximum Gasteiger partial charge on any atom is 0.203 e. The van der Waals surface area contributed by atoms with Crippen molar-refractivity contribution < 1.29 is 42.6 Å². The van der Waals surface area contributed by atoms with Gasteiger partial charge in [-0.3, -0.25) is 0 Å². The largest absolute Gasteiger partial charge is 0.493 e. The lowest BCUT2D eigenvalue weighted by atomic mass is 9.69. The lowest BCUT2D eigenvalue weighted by Crippen LogP contribution is -2.32. The van der Waals surface area contributed by atoms with E-state index in [9.17, 15) is 10.5 Å². The molecule has 0 aromatic heterocycles. The van der Waals surface area contributed by atoms with Crippen molar-refractivity contribution in [3.63, 3.8) is 0 Å². The number of methoxy groups -OCH3 is 9. The van der Waals surface area contributed by atoms with Crippen LogP contribution in [0.5, 0.6) is 51.7 Å². The molecule has 14 heteroatoms. The van der Waals surface area contributed by atoms with Crippen LogP contribution in [0.4, 0.5) is 0 Å². The van der Waals surface area contributed by atoms with Crippen LogP contribution in [0.2, 0.25) is 0 Å². The summed E-state index contributed by atoms with van der Waals surface area (Å²) in [5.41, 5.74) is 3.02. The average Bonchev–Trinajstić information content (AvgIpc) is 3.36. The summed E-state index contributed by atoms with van der Waals surface area (Å²) in [6.45, 7) is 12.0. The van der Waals surface area contributed by atoms with Gasteiger partial charge in [-0.25, -0.2) is 0 Å². The molecule has 0 aliphatic carbocycles. The van der Waals surface area contributed by atoms with Crippen molar-refractivity contribution in [2.24, 2.45) is 11.8 Å². The van der Waals surface area contributed by atoms with E-state index in [0.29, 0.717) is 28.7 Å². The molecule has 4 rings (SSSR count). The number of rotatable bonds is 27. The van der Waals surface area contributed by atoms with Crippen LogP contribution >= 0.6 is 12.4 Å². The first-order chi connectivity index (χ1) is 32.6. The second kappa shape index (κ2) is 29.3. The van der Waals surface area contributed by atoms with Gasteiger partial charge in [0.2, 0.25) is 5.75 Å². The van der Waals surface area contributed by atoms with Gasteiger partial charge in [-0.2, -0.15) is 10.5 Å². The Morgan fingerprint density at radius 3 is 1.10 bits per heavy atom. The molecule has 380 valence electrons. The van der Waals surface area contributed by atoms with Crippen molar-refractivity contribution in [2.75, 3.05) is 104 Å². The molecule has 0 bridgehead atoms. The molecule has 0 radical (unpaired) electrons. The van der Waals surface area contributed by atoms with Gasteiger partial charge in [0.05, 0.1) is 87.0 Å². The van der Waals surface area contributed by atoms with Gasteiger partial charge in [0.15, 0.2) is 46.0 Å². The predicted molar refractivity (Wildman–Crippen MR) is 277 cm³/mol. The lowest BCUT2D eigenvalue weighted by molar-refractivity contribution is 0.290. The minimum Gasteiger partial charge on any atom is -0.493 e. The molecule has 4 aromatic rings. The number of benzene rings is 4. The molecule has 0 aliphatic heterocycles. The first kappa shape index (κ1) is 59.4. The van der Waals surface area contributed by atoms with E-state index in [0.717, 1.165) is 98.8 Å². The molecular weight excluding hydrogens is 896 g/mol. The molecule has 0 fully saturated rings. The average molecular weight is 976 g/mol. The van der Waals surface area contributed by atoms with E-state index in [-0.39, 0.29) is 24.2 Å². The summed E-state index contributed by atoms with van der Waals surface area (Å²) < 4.78 is 48.9. The zero-order valence-corrected chi connectivity index (χ0v) is 44.8. The Kier molecular flexibility index (Phi) is 25.2. The Hall–Kier alpha value is -5.73. The van der Waals surface area contributed by atoms with Gasteiger partial charge >= 0.3 is 0 Å². The van der Waals surface area contributed by atoms with Crippen molar-refractivity contribution >= 4 is 12.4 Å². The topological polar surface area (TPSA) is 137 Å². The molecule has 0 heterocycles. The number of nitrogens with zero attached hydrogens (tertiary/aromatic N) is 4. The zero-order chi connectivity index (χ0) is 50.4. The van der Waals surface area contributed by atoms with Crippen molar-refractivity contribution in [2.45, 2.75) is 77.0 Å². The number of hydrogen-bond acceptors (Lipinski definition) is 13. The first-order valence-electron chi connectivity index (χ1n) is 23.3. The van der Waals surface area contributed by atoms with Crippen LogP contribution in [0.1, 0.15) is 75.6 Å². The maximum atomic E-state index is 10.4. The SMILES string of the molecule is COc1ccc(CCN(C)CCCC(C#N)(c2cc(OC)c(OC)c(OC)c2)C(C)C)cc1OC.COc1ccc(CCN(C)CCCC(C#N)(c2ccc(OC)c(OC)c2)C(C)C)cc1OC.Cl. The quantitative estimate of drug-likeness (QED) is 0.0561. The van der Waals surface area contributed by atoms with Gasteiger partial charge in [-0.05, 0) is 148 Å². The molecule has 2 atom stereocenters. The molecular formula is C55H79ClN4O9. The van der Waals surface area contributed by atoms with E-state index >= 15 is 0 Å². The molecule has 0 saturated heterocycles. The lowest BCUT2D eigenvalue weighted by Gasteiger charge is -2.33. The summed E-state index contributed by atoms with van der Waals surface area (Å²) in [4.78, 5) is 4.61. The van der Waals surface area contributed by atoms with Crippen LogP contribution in [0, 0.1) is 34.5 Å². The molecule has 0 aliphatic rings. The Bertz CT molecular complexity index is 2240. The van der Waals surface area contributed by atoms with Crippen LogP contribution < -0.4 is 42.6 Å². The fraction of sp³-hybridized carbons (Fsp3) is 0.527. The molecule has 4 aromatic carbocycles. The summed E-state index contributed by atoms with van der Waals surface area (Å²) in [6, 6.07) is 27.0. The highest BCUT2D eigenvalue weighted by atomic mass is 35.5. The molecule has 0 amide bonds. The summed E-state index contributed by atoms with van der Waals surface area (Å²) >= 11 is 0. The number of hydrogen-bond donors (Lipinski definition) is 0. The monoisotopic (exact) mass is 975 g/mol. The Balaban J connectivity index is 0.000000467. The highest BCUT2D eigenvalue weighted by Crippen LogP contribution is 2.45. The van der Waals surface area contributed by atoms with Crippen LogP contribution in [-0.2, 0) is 23.7 Å². The van der Waals surface area contributed by atoms with Gasteiger partial charge in [0.1, 0.15) is 0 Å². The number of nitriles is 2. The van der Waals surface area contributed by atoms with E-state index in [4.69, 9.17) is 42.6 Å². The third-order valence-electron chi connectivity index (χ3n) is 13.1. The standard InChI is InChI=1S/C28H40N2O5.C27H38N2O4.ClH/c1-20(2)28(19-29,22-17-25(33-6)27(35-8)26(18-22)34-7)13-9-14-30(3)15-12-21-10-11-23(31-4)24(16-21)32-5;1-20(2)27(19-28,22-10-12-24(31-5)26(18-22)33-7)14-8-15-29(3)16-13-21-9-11-23(30-4)25(17-21)32-6;/h10-11,16-18,20H,9,12-15H2,1-8H3;9-12,17-18,20H,8,13-16H2,1-7H3;1H. The zero-order valence-electron chi connectivity index (χ0n) is 43.9. The maximum absolute atomic E-state index is 10.4. The highest BCUT2D eigenvalue weighted by molar-refractivity contribution is 5.85. The highest BCUT2D eigenvalue weighted by Gasteiger charge is 2.38. The molecule has 0 N–H and O–H groups in total. The fourth-order valence-corrected chi connectivity index (χ4v) is 8.68. The van der Waals surface area contributed by atoms with E-state index in [1.165, 1.54) is 11.1 Å². The first-order valence-corrected chi connectivity index (χ1v) is 23.3. The molecule has 0 spiro atoms. The third kappa shape index (κ3) is 15.4. The van der Waals surface area contributed by atoms with Gasteiger partial charge < -0.3 is 52.4 Å². The molecule has 69 heavy (non-hydrogen) atoms. The van der Waals surface area contributed by atoms with Crippen molar-refractivity contribution in [3.05, 3.63) is 89.0 Å². The Morgan fingerprint density at radius 1 is 0.435 bits per heavy atom. The van der Waals surface area contributed by atoms with Gasteiger partial charge in [0, 0.05) is 13.1 Å². The van der Waals surface area contributed by atoms with Gasteiger partial charge in [0.25, 0.3) is 0 Å². The van der Waals surface area contributed by atoms with E-state index < -0.39 is 10.8 Å². The Labute approximate surface area is 419 Å². The smallest absolute Gasteiger partial charge is 0.203 e. The van der Waals surface area contributed by atoms with Crippen LogP contribution in [0.15, 0.2) is 66.7 Å². The molecule has 2 unspecified atom stereocenters. The van der Waals surface area contributed by atoms with Crippen molar-refractivity contribution in [3.8, 4) is 63.9 Å². The summed E-state index contributed by atoms with van der Waals surface area (Å²) in [5, 5.41) is 20.6. The van der Waals surface area contributed by atoms with Gasteiger partial charge in [-0.1, -0.05) is 45.9 Å². The summed E-state index contributed by atoms with van der Waals surface area (Å²) in [7, 11) is 18.8. The van der Waals surface area contributed by atoms with E-state index in [2.05, 4.69) is 75.9 Å². The normalized spacial score (nSPS) is 12.6. The van der Waals surface area contributed by atoms with Crippen LogP contribution in [0.3, 0.4) is 0 Å². The van der Waals surface area contributed by atoms with Crippen molar-refractivity contribution in [1.82, 2.24) is 9.80 Å². The van der Waals surface area contributed by atoms with Gasteiger partial charge in [-0.15, -0.1) is 12.4 Å². The minimum absolute atomic E-state index is 0. The minimum atomic E-state index is -0.670. The molecule has 0 saturated carbocycles. The third-order valence-corrected chi connectivity index (χ3v) is 13.1.